The molecule has 34 heavy (non-hydrogen) atoms. The molecule has 182 valence electrons. The molecule has 2 saturated heterocycles. The summed E-state index contributed by atoms with van der Waals surface area (Å²) in [6, 6.07) is 8.50. The Morgan fingerprint density at radius 1 is 1.06 bits per heavy atom. The fraction of sp³-hybridized carbons (Fsp3) is 0.593. The molecule has 0 unspecified atom stereocenters. The maximum Gasteiger partial charge on any atom is 0.305 e. The van der Waals surface area contributed by atoms with Crippen molar-refractivity contribution in [3.63, 3.8) is 0 Å². The number of hydrogen-bond acceptors (Lipinski definition) is 6. The predicted octanol–water partition coefficient (Wildman–Crippen LogP) is 4.35. The molecule has 7 heteroatoms. The van der Waals surface area contributed by atoms with Gasteiger partial charge in [0, 0.05) is 18.4 Å². The van der Waals surface area contributed by atoms with Gasteiger partial charge in [-0.3, -0.25) is 9.59 Å². The van der Waals surface area contributed by atoms with Crippen LogP contribution in [0.2, 0.25) is 0 Å². The molecule has 1 aliphatic carbocycles. The van der Waals surface area contributed by atoms with Gasteiger partial charge >= 0.3 is 5.97 Å². The molecule has 5 rings (SSSR count). The van der Waals surface area contributed by atoms with Crippen molar-refractivity contribution < 1.29 is 23.5 Å². The number of rotatable bonds is 8. The lowest BCUT2D eigenvalue weighted by Crippen LogP contribution is -2.36. The first kappa shape index (κ1) is 23.1. The molecule has 0 radical (unpaired) electrons. The number of hydrogen-bond donors (Lipinski definition) is 1. The Kier molecular flexibility index (Phi) is 6.99. The Labute approximate surface area is 200 Å². The highest BCUT2D eigenvalue weighted by Gasteiger charge is 2.51. The van der Waals surface area contributed by atoms with Gasteiger partial charge in [-0.15, -0.1) is 0 Å². The predicted molar refractivity (Wildman–Crippen MR) is 125 cm³/mol. The van der Waals surface area contributed by atoms with Gasteiger partial charge in [0.2, 0.25) is 5.89 Å². The number of nitrogens with one attached hydrogen (secondary N) is 1. The van der Waals surface area contributed by atoms with Crippen molar-refractivity contribution in [1.29, 1.82) is 0 Å². The van der Waals surface area contributed by atoms with Gasteiger partial charge in [-0.2, -0.15) is 0 Å². The van der Waals surface area contributed by atoms with Crippen molar-refractivity contribution in [2.45, 2.75) is 88.4 Å². The molecule has 0 spiro atoms. The van der Waals surface area contributed by atoms with Crippen molar-refractivity contribution in [2.75, 3.05) is 7.11 Å². The number of esters is 1. The lowest BCUT2D eigenvalue weighted by molar-refractivity contribution is -0.140. The first-order valence-corrected chi connectivity index (χ1v) is 12.7. The van der Waals surface area contributed by atoms with Crippen LogP contribution in [-0.2, 0) is 27.1 Å². The number of ether oxygens (including phenoxy) is 2. The molecule has 3 heterocycles. The van der Waals surface area contributed by atoms with Crippen LogP contribution in [-0.4, -0.2) is 42.2 Å². The van der Waals surface area contributed by atoms with E-state index in [2.05, 4.69) is 22.4 Å². The second-order valence-corrected chi connectivity index (χ2v) is 9.91. The van der Waals surface area contributed by atoms with Crippen LogP contribution in [0.15, 0.2) is 34.9 Å². The number of carbonyl (C=O) groups is 2. The second-order valence-electron chi connectivity index (χ2n) is 9.91. The molecule has 1 aromatic heterocycles. The number of methoxy groups -OCH3 is 1. The van der Waals surface area contributed by atoms with E-state index < -0.39 is 0 Å². The SMILES string of the molecule is COC(=O)CCc1ccccc1C[C@@H]1[C@H](c2nc(C(=O)NC3CCCCC3)co2)[C@H]2CC[C@@H]1O2. The topological polar surface area (TPSA) is 90.7 Å². The molecule has 1 aromatic carbocycles. The summed E-state index contributed by atoms with van der Waals surface area (Å²) < 4.78 is 17.0. The minimum Gasteiger partial charge on any atom is -0.469 e. The first-order valence-electron chi connectivity index (χ1n) is 12.7. The molecule has 3 aliphatic rings. The van der Waals surface area contributed by atoms with Gasteiger partial charge in [-0.1, -0.05) is 43.5 Å². The van der Waals surface area contributed by atoms with E-state index in [0.29, 0.717) is 24.4 Å². The highest BCUT2D eigenvalue weighted by molar-refractivity contribution is 5.92. The average molecular weight is 467 g/mol. The highest BCUT2D eigenvalue weighted by atomic mass is 16.5. The highest BCUT2D eigenvalue weighted by Crippen LogP contribution is 2.50. The van der Waals surface area contributed by atoms with Crippen LogP contribution in [0.25, 0.3) is 0 Å². The zero-order valence-corrected chi connectivity index (χ0v) is 19.8. The van der Waals surface area contributed by atoms with E-state index in [-0.39, 0.29) is 42.0 Å². The lowest BCUT2D eigenvalue weighted by Gasteiger charge is -2.26. The number of nitrogens with zero attached hydrogens (tertiary/aromatic N) is 1. The lowest BCUT2D eigenvalue weighted by atomic mass is 9.75. The summed E-state index contributed by atoms with van der Waals surface area (Å²) in [5.74, 6) is 0.526. The Morgan fingerprint density at radius 3 is 2.62 bits per heavy atom. The van der Waals surface area contributed by atoms with Gasteiger partial charge < -0.3 is 19.2 Å². The van der Waals surface area contributed by atoms with E-state index in [1.807, 2.05) is 12.1 Å². The Hall–Kier alpha value is -2.67. The van der Waals surface area contributed by atoms with Crippen molar-refractivity contribution in [2.24, 2.45) is 5.92 Å². The fourth-order valence-electron chi connectivity index (χ4n) is 6.02. The summed E-state index contributed by atoms with van der Waals surface area (Å²) in [4.78, 5) is 29.1. The Balaban J connectivity index is 1.30. The van der Waals surface area contributed by atoms with E-state index >= 15 is 0 Å². The molecule has 4 atom stereocenters. The maximum absolute atomic E-state index is 12.8. The molecular weight excluding hydrogens is 432 g/mol. The monoisotopic (exact) mass is 466 g/mol. The van der Waals surface area contributed by atoms with Crippen LogP contribution < -0.4 is 5.32 Å². The molecule has 2 aliphatic heterocycles. The van der Waals surface area contributed by atoms with E-state index in [1.54, 1.807) is 0 Å². The Morgan fingerprint density at radius 2 is 1.82 bits per heavy atom. The third-order valence-corrected chi connectivity index (χ3v) is 7.80. The number of aryl methyl sites for hydroxylation is 1. The fourth-order valence-corrected chi connectivity index (χ4v) is 6.02. The van der Waals surface area contributed by atoms with Crippen molar-refractivity contribution in [3.8, 4) is 0 Å². The van der Waals surface area contributed by atoms with Crippen LogP contribution in [0.5, 0.6) is 0 Å². The standard InChI is InChI=1S/C27H34N2O5/c1-32-24(30)14-11-17-7-5-6-8-18(17)15-20-22-12-13-23(34-22)25(20)27-29-21(16-33-27)26(31)28-19-9-3-2-4-10-19/h5-8,16,19-20,22-23,25H,2-4,9-15H2,1H3,(H,28,31)/t20-,22-,23+,25-/m0/s1. The molecule has 1 saturated carbocycles. The summed E-state index contributed by atoms with van der Waals surface area (Å²) in [7, 11) is 1.42. The number of amides is 1. The minimum absolute atomic E-state index is 0.0312. The number of carbonyl (C=O) groups excluding carboxylic acids is 2. The van der Waals surface area contributed by atoms with Crippen molar-refractivity contribution in [3.05, 3.63) is 53.2 Å². The number of aromatic nitrogens is 1. The quantitative estimate of drug-likeness (QED) is 0.582. The van der Waals surface area contributed by atoms with Crippen LogP contribution in [0.3, 0.4) is 0 Å². The molecule has 2 bridgehead atoms. The summed E-state index contributed by atoms with van der Waals surface area (Å²) >= 11 is 0. The van der Waals surface area contributed by atoms with E-state index in [9.17, 15) is 9.59 Å². The van der Waals surface area contributed by atoms with E-state index in [1.165, 1.54) is 38.2 Å². The zero-order valence-electron chi connectivity index (χ0n) is 19.8. The summed E-state index contributed by atoms with van der Waals surface area (Å²) in [6.07, 6.45) is 11.3. The van der Waals surface area contributed by atoms with Crippen LogP contribution in [0.1, 0.15) is 84.8 Å². The normalized spacial score (nSPS) is 26.5. The third kappa shape index (κ3) is 4.90. The second kappa shape index (κ2) is 10.3. The van der Waals surface area contributed by atoms with Gasteiger partial charge in [-0.05, 0) is 49.7 Å². The molecule has 1 N–H and O–H groups in total. The van der Waals surface area contributed by atoms with Crippen LogP contribution >= 0.6 is 0 Å². The number of fused-ring (bicyclic) bond motifs is 2. The molecular formula is C27H34N2O5. The van der Waals surface area contributed by atoms with Crippen LogP contribution in [0, 0.1) is 5.92 Å². The number of oxazole rings is 1. The smallest absolute Gasteiger partial charge is 0.305 e. The molecule has 3 fully saturated rings. The van der Waals surface area contributed by atoms with Gasteiger partial charge in [0.25, 0.3) is 5.91 Å². The number of benzene rings is 1. The summed E-state index contributed by atoms with van der Waals surface area (Å²) in [5.41, 5.74) is 2.74. The van der Waals surface area contributed by atoms with E-state index in [4.69, 9.17) is 13.9 Å². The van der Waals surface area contributed by atoms with Crippen molar-refractivity contribution >= 4 is 11.9 Å². The van der Waals surface area contributed by atoms with Crippen LogP contribution in [0.4, 0.5) is 0 Å². The van der Waals surface area contributed by atoms with Gasteiger partial charge in [0.15, 0.2) is 5.69 Å². The maximum atomic E-state index is 12.8. The largest absolute Gasteiger partial charge is 0.469 e. The zero-order chi connectivity index (χ0) is 23.5. The molecule has 1 amide bonds. The summed E-state index contributed by atoms with van der Waals surface area (Å²) in [5, 5.41) is 3.13. The third-order valence-electron chi connectivity index (χ3n) is 7.80. The minimum atomic E-state index is -0.199. The molecule has 7 nitrogen and oxygen atoms in total. The Bertz CT molecular complexity index is 1010. The molecule has 2 aromatic rings. The average Bonchev–Trinajstić information content (AvgIpc) is 3.61. The van der Waals surface area contributed by atoms with Crippen molar-refractivity contribution in [1.82, 2.24) is 10.3 Å². The first-order chi connectivity index (χ1) is 16.6. The van der Waals surface area contributed by atoms with Gasteiger partial charge in [-0.25, -0.2) is 4.98 Å². The van der Waals surface area contributed by atoms with Gasteiger partial charge in [0.1, 0.15) is 6.26 Å². The van der Waals surface area contributed by atoms with Gasteiger partial charge in [0.05, 0.1) is 25.2 Å². The van der Waals surface area contributed by atoms with E-state index in [0.717, 1.165) is 37.7 Å². The summed E-state index contributed by atoms with van der Waals surface area (Å²) in [6.45, 7) is 0.